The summed E-state index contributed by atoms with van der Waals surface area (Å²) in [5.41, 5.74) is 3.68. The highest BCUT2D eigenvalue weighted by atomic mass is 16.5. The predicted molar refractivity (Wildman–Crippen MR) is 131 cm³/mol. The third-order valence-corrected chi connectivity index (χ3v) is 6.08. The van der Waals surface area contributed by atoms with Crippen molar-refractivity contribution in [3.8, 4) is 5.75 Å². The van der Waals surface area contributed by atoms with E-state index in [1.54, 1.807) is 7.11 Å². The molecule has 4 rings (SSSR count). The molecular weight excluding hydrogens is 418 g/mol. The van der Waals surface area contributed by atoms with E-state index in [1.807, 2.05) is 42.5 Å². The maximum Gasteiger partial charge on any atom is 0.289 e. The van der Waals surface area contributed by atoms with Gasteiger partial charge < -0.3 is 20.1 Å². The van der Waals surface area contributed by atoms with E-state index < -0.39 is 0 Å². The number of carbonyl (C=O) groups is 1. The zero-order chi connectivity index (χ0) is 23.2. The predicted octanol–water partition coefficient (Wildman–Crippen LogP) is 3.16. The molecule has 0 saturated carbocycles. The lowest BCUT2D eigenvalue weighted by atomic mass is 10.1. The van der Waals surface area contributed by atoms with Gasteiger partial charge in [0.2, 0.25) is 5.91 Å². The highest BCUT2D eigenvalue weighted by Gasteiger charge is 2.21. The molecule has 2 aliphatic rings. The molecule has 33 heavy (non-hydrogen) atoms. The number of ether oxygens (including phenoxy) is 2. The molecular formula is C25H33N5O3. The number of piperazine rings is 1. The quantitative estimate of drug-likeness (QED) is 0.673. The second-order valence-corrected chi connectivity index (χ2v) is 8.67. The van der Waals surface area contributed by atoms with Gasteiger partial charge in [-0.15, -0.1) is 0 Å². The number of hydrogen-bond donors (Lipinski definition) is 2. The summed E-state index contributed by atoms with van der Waals surface area (Å²) in [7, 11) is 1.65. The number of benzene rings is 2. The highest BCUT2D eigenvalue weighted by molar-refractivity contribution is 5.94. The van der Waals surface area contributed by atoms with Crippen molar-refractivity contribution in [2.45, 2.75) is 33.0 Å². The molecule has 1 fully saturated rings. The largest absolute Gasteiger partial charge is 0.496 e. The van der Waals surface area contributed by atoms with E-state index in [2.05, 4.69) is 39.3 Å². The summed E-state index contributed by atoms with van der Waals surface area (Å²) in [6.07, 6.45) is 0. The van der Waals surface area contributed by atoms with Gasteiger partial charge >= 0.3 is 0 Å². The Labute approximate surface area is 195 Å². The van der Waals surface area contributed by atoms with Crippen LogP contribution in [0.15, 0.2) is 47.5 Å². The Morgan fingerprint density at radius 3 is 2.73 bits per heavy atom. The van der Waals surface area contributed by atoms with Gasteiger partial charge in [0.15, 0.2) is 0 Å². The average molecular weight is 452 g/mol. The average Bonchev–Trinajstić information content (AvgIpc) is 2.83. The standard InChI is InChI=1S/C25H33N5O3/c1-18(2)30-12-10-29(11-13-30)16-24(31)27-21-8-9-22-20(14-21)17-33-25(28-22)26-15-19-6-4-5-7-23(19)32-3/h4-9,14,18H,10-13,15-17H2,1-3H3,(H,26,28)(H,27,31). The third-order valence-electron chi connectivity index (χ3n) is 6.08. The van der Waals surface area contributed by atoms with Crippen molar-refractivity contribution in [1.82, 2.24) is 9.80 Å². The fraction of sp³-hybridized carbons (Fsp3) is 0.440. The van der Waals surface area contributed by atoms with E-state index in [-0.39, 0.29) is 5.91 Å². The van der Waals surface area contributed by atoms with Gasteiger partial charge in [-0.05, 0) is 38.1 Å². The molecule has 0 bridgehead atoms. The van der Waals surface area contributed by atoms with Crippen LogP contribution in [0.1, 0.15) is 25.0 Å². The molecule has 2 N–H and O–H groups in total. The van der Waals surface area contributed by atoms with Gasteiger partial charge in [0.25, 0.3) is 6.02 Å². The molecule has 2 aromatic rings. The number of methoxy groups -OCH3 is 1. The SMILES string of the molecule is COc1ccccc1CN=C1Nc2ccc(NC(=O)CN3CCN(C(C)C)CC3)cc2CO1. The van der Waals surface area contributed by atoms with Crippen LogP contribution in [-0.2, 0) is 22.7 Å². The van der Waals surface area contributed by atoms with Gasteiger partial charge in [0.05, 0.1) is 20.2 Å². The van der Waals surface area contributed by atoms with Crippen LogP contribution in [0.2, 0.25) is 0 Å². The Bertz CT molecular complexity index is 999. The number of nitrogens with zero attached hydrogens (tertiary/aromatic N) is 3. The smallest absolute Gasteiger partial charge is 0.289 e. The van der Waals surface area contributed by atoms with Gasteiger partial charge in [-0.1, -0.05) is 18.2 Å². The van der Waals surface area contributed by atoms with Crippen LogP contribution in [0.25, 0.3) is 0 Å². The highest BCUT2D eigenvalue weighted by Crippen LogP contribution is 2.26. The number of fused-ring (bicyclic) bond motifs is 1. The lowest BCUT2D eigenvalue weighted by Crippen LogP contribution is -2.50. The minimum absolute atomic E-state index is 0.0108. The number of amides is 1. The molecule has 2 heterocycles. The first kappa shape index (κ1) is 23.1. The fourth-order valence-electron chi connectivity index (χ4n) is 4.13. The summed E-state index contributed by atoms with van der Waals surface area (Å²) in [5, 5.41) is 6.25. The number of anilines is 2. The molecule has 176 valence electrons. The van der Waals surface area contributed by atoms with Crippen molar-refractivity contribution in [3.63, 3.8) is 0 Å². The zero-order valence-electron chi connectivity index (χ0n) is 19.6. The molecule has 0 aromatic heterocycles. The summed E-state index contributed by atoms with van der Waals surface area (Å²) >= 11 is 0. The van der Waals surface area contributed by atoms with Crippen LogP contribution in [-0.4, -0.2) is 67.6 Å². The molecule has 8 nitrogen and oxygen atoms in total. The number of nitrogens with one attached hydrogen (secondary N) is 2. The van der Waals surface area contributed by atoms with Gasteiger partial charge in [0, 0.05) is 54.7 Å². The van der Waals surface area contributed by atoms with Gasteiger partial charge in [-0.2, -0.15) is 0 Å². The Morgan fingerprint density at radius 1 is 1.18 bits per heavy atom. The van der Waals surface area contributed by atoms with Crippen molar-refractivity contribution in [3.05, 3.63) is 53.6 Å². The molecule has 8 heteroatoms. The van der Waals surface area contributed by atoms with E-state index in [1.165, 1.54) is 0 Å². The maximum absolute atomic E-state index is 12.5. The van der Waals surface area contributed by atoms with E-state index in [9.17, 15) is 4.79 Å². The van der Waals surface area contributed by atoms with Crippen molar-refractivity contribution in [2.75, 3.05) is 50.5 Å². The molecule has 0 aliphatic carbocycles. The number of carbonyl (C=O) groups excluding carboxylic acids is 1. The Morgan fingerprint density at radius 2 is 1.97 bits per heavy atom. The summed E-state index contributed by atoms with van der Waals surface area (Å²) in [6.45, 7) is 9.56. The van der Waals surface area contributed by atoms with Crippen LogP contribution < -0.4 is 15.4 Å². The molecule has 0 spiro atoms. The molecule has 0 atom stereocenters. The van der Waals surface area contributed by atoms with Gasteiger partial charge in [-0.3, -0.25) is 14.6 Å². The van der Waals surface area contributed by atoms with Crippen LogP contribution in [0.4, 0.5) is 11.4 Å². The first-order valence-electron chi connectivity index (χ1n) is 11.5. The molecule has 2 aliphatic heterocycles. The third kappa shape index (κ3) is 6.03. The monoisotopic (exact) mass is 451 g/mol. The number of amidine groups is 1. The van der Waals surface area contributed by atoms with Crippen LogP contribution >= 0.6 is 0 Å². The molecule has 2 aromatic carbocycles. The fourth-order valence-corrected chi connectivity index (χ4v) is 4.13. The summed E-state index contributed by atoms with van der Waals surface area (Å²) < 4.78 is 11.2. The maximum atomic E-state index is 12.5. The van der Waals surface area contributed by atoms with Crippen LogP contribution in [0.5, 0.6) is 5.75 Å². The van der Waals surface area contributed by atoms with Crippen LogP contribution in [0.3, 0.4) is 0 Å². The Kier molecular flexibility index (Phi) is 7.47. The molecule has 1 amide bonds. The first-order chi connectivity index (χ1) is 16.0. The summed E-state index contributed by atoms with van der Waals surface area (Å²) in [5.74, 6) is 0.817. The molecule has 0 radical (unpaired) electrons. The second kappa shape index (κ2) is 10.7. The second-order valence-electron chi connectivity index (χ2n) is 8.67. The number of aliphatic imine (C=N–C) groups is 1. The van der Waals surface area contributed by atoms with E-state index in [4.69, 9.17) is 9.47 Å². The van der Waals surface area contributed by atoms with Crippen molar-refractivity contribution >= 4 is 23.3 Å². The topological polar surface area (TPSA) is 78.4 Å². The lowest BCUT2D eigenvalue weighted by Gasteiger charge is -2.36. The minimum atomic E-state index is 0.0108. The summed E-state index contributed by atoms with van der Waals surface area (Å²) in [4.78, 5) is 21.7. The van der Waals surface area contributed by atoms with E-state index in [0.717, 1.165) is 54.4 Å². The Balaban J connectivity index is 1.30. The zero-order valence-corrected chi connectivity index (χ0v) is 19.6. The normalized spacial score (nSPS) is 17.9. The Hall–Kier alpha value is -3.10. The number of rotatable bonds is 7. The van der Waals surface area contributed by atoms with Crippen molar-refractivity contribution in [2.24, 2.45) is 4.99 Å². The lowest BCUT2D eigenvalue weighted by molar-refractivity contribution is -0.117. The van der Waals surface area contributed by atoms with Crippen LogP contribution in [0, 0.1) is 0 Å². The van der Waals surface area contributed by atoms with Gasteiger partial charge in [-0.25, -0.2) is 4.99 Å². The van der Waals surface area contributed by atoms with E-state index >= 15 is 0 Å². The van der Waals surface area contributed by atoms with Crippen molar-refractivity contribution in [1.29, 1.82) is 0 Å². The van der Waals surface area contributed by atoms with Gasteiger partial charge in [0.1, 0.15) is 12.4 Å². The number of hydrogen-bond acceptors (Lipinski definition) is 6. The molecule has 0 unspecified atom stereocenters. The summed E-state index contributed by atoms with van der Waals surface area (Å²) in [6, 6.07) is 14.6. The minimum Gasteiger partial charge on any atom is -0.496 e. The molecule has 1 saturated heterocycles. The number of para-hydroxylation sites is 1. The van der Waals surface area contributed by atoms with Crippen molar-refractivity contribution < 1.29 is 14.3 Å². The first-order valence-corrected chi connectivity index (χ1v) is 11.5. The van der Waals surface area contributed by atoms with E-state index in [0.29, 0.717) is 31.8 Å².